The van der Waals surface area contributed by atoms with Crippen molar-refractivity contribution in [1.29, 1.82) is 0 Å². The molecule has 0 amide bonds. The molecule has 3 rings (SSSR count). The van der Waals surface area contributed by atoms with Crippen LogP contribution in [0, 0.1) is 23.7 Å². The van der Waals surface area contributed by atoms with Crippen LogP contribution in [-0.4, -0.2) is 5.11 Å². The average molecular weight is 327 g/mol. The van der Waals surface area contributed by atoms with Gasteiger partial charge in [-0.05, 0) is 99.2 Å². The van der Waals surface area contributed by atoms with E-state index in [4.69, 9.17) is 0 Å². The number of benzene rings is 1. The molecule has 24 heavy (non-hydrogen) atoms. The fraction of sp³-hybridized carbons (Fsp3) is 0.652. The maximum absolute atomic E-state index is 9.37. The first-order valence-electron chi connectivity index (χ1n) is 10.1. The summed E-state index contributed by atoms with van der Waals surface area (Å²) < 4.78 is 0. The maximum Gasteiger partial charge on any atom is 0.115 e. The highest BCUT2D eigenvalue weighted by molar-refractivity contribution is 5.25. The first-order chi connectivity index (χ1) is 11.7. The number of hydrogen-bond acceptors (Lipinski definition) is 1. The largest absolute Gasteiger partial charge is 0.508 e. The molecule has 132 valence electrons. The van der Waals surface area contributed by atoms with E-state index in [0.717, 1.165) is 23.7 Å². The van der Waals surface area contributed by atoms with E-state index < -0.39 is 0 Å². The Balaban J connectivity index is 1.37. The van der Waals surface area contributed by atoms with Crippen LogP contribution in [0.15, 0.2) is 36.9 Å². The van der Waals surface area contributed by atoms with Gasteiger partial charge in [0.2, 0.25) is 0 Å². The molecule has 0 unspecified atom stereocenters. The lowest BCUT2D eigenvalue weighted by molar-refractivity contribution is 0.144. The average Bonchev–Trinajstić information content (AvgIpc) is 2.63. The minimum absolute atomic E-state index is 0.377. The van der Waals surface area contributed by atoms with Gasteiger partial charge in [0, 0.05) is 0 Å². The number of phenols is 1. The van der Waals surface area contributed by atoms with Crippen LogP contribution in [0.3, 0.4) is 0 Å². The molecule has 1 aromatic rings. The highest BCUT2D eigenvalue weighted by atomic mass is 16.3. The highest BCUT2D eigenvalue weighted by Gasteiger charge is 2.30. The number of allylic oxidation sites excluding steroid dienone is 1. The van der Waals surface area contributed by atoms with E-state index in [-0.39, 0.29) is 0 Å². The van der Waals surface area contributed by atoms with Gasteiger partial charge in [-0.2, -0.15) is 0 Å². The van der Waals surface area contributed by atoms with Crippen molar-refractivity contribution in [2.75, 3.05) is 0 Å². The molecular weight excluding hydrogens is 292 g/mol. The van der Waals surface area contributed by atoms with Crippen molar-refractivity contribution in [2.45, 2.75) is 70.6 Å². The summed E-state index contributed by atoms with van der Waals surface area (Å²) in [6.07, 6.45) is 17.5. The number of hydrogen-bond donors (Lipinski definition) is 1. The van der Waals surface area contributed by atoms with E-state index >= 15 is 0 Å². The van der Waals surface area contributed by atoms with Crippen LogP contribution in [0.5, 0.6) is 5.75 Å². The fourth-order valence-corrected chi connectivity index (χ4v) is 5.11. The topological polar surface area (TPSA) is 20.2 Å². The zero-order chi connectivity index (χ0) is 16.8. The van der Waals surface area contributed by atoms with E-state index in [1.807, 2.05) is 12.1 Å². The summed E-state index contributed by atoms with van der Waals surface area (Å²) in [5.41, 5.74) is 1.37. The zero-order valence-electron chi connectivity index (χ0n) is 15.1. The minimum atomic E-state index is 0.377. The van der Waals surface area contributed by atoms with Crippen LogP contribution in [-0.2, 0) is 6.42 Å². The van der Waals surface area contributed by atoms with Gasteiger partial charge in [0.15, 0.2) is 0 Å². The van der Waals surface area contributed by atoms with Crippen molar-refractivity contribution in [3.63, 3.8) is 0 Å². The minimum Gasteiger partial charge on any atom is -0.508 e. The lowest BCUT2D eigenvalue weighted by atomic mass is 9.68. The van der Waals surface area contributed by atoms with Gasteiger partial charge in [0.1, 0.15) is 5.75 Å². The smallest absolute Gasteiger partial charge is 0.115 e. The van der Waals surface area contributed by atoms with Crippen LogP contribution < -0.4 is 0 Å². The molecule has 0 radical (unpaired) electrons. The summed E-state index contributed by atoms with van der Waals surface area (Å²) in [7, 11) is 0. The van der Waals surface area contributed by atoms with Crippen molar-refractivity contribution in [2.24, 2.45) is 23.7 Å². The van der Waals surface area contributed by atoms with Crippen LogP contribution in [0.2, 0.25) is 0 Å². The Bertz CT molecular complexity index is 487. The van der Waals surface area contributed by atoms with Gasteiger partial charge in [0.05, 0.1) is 0 Å². The predicted molar refractivity (Wildman–Crippen MR) is 102 cm³/mol. The van der Waals surface area contributed by atoms with Gasteiger partial charge < -0.3 is 5.11 Å². The van der Waals surface area contributed by atoms with Crippen molar-refractivity contribution in [1.82, 2.24) is 0 Å². The summed E-state index contributed by atoms with van der Waals surface area (Å²) in [6, 6.07) is 7.77. The summed E-state index contributed by atoms with van der Waals surface area (Å²) in [4.78, 5) is 0. The number of aryl methyl sites for hydroxylation is 1. The molecule has 2 fully saturated rings. The third kappa shape index (κ3) is 4.88. The van der Waals surface area contributed by atoms with Crippen LogP contribution in [0.4, 0.5) is 0 Å². The van der Waals surface area contributed by atoms with Crippen molar-refractivity contribution in [3.05, 3.63) is 42.5 Å². The lowest BCUT2D eigenvalue weighted by Gasteiger charge is -2.37. The normalized spacial score (nSPS) is 30.8. The van der Waals surface area contributed by atoms with E-state index in [1.54, 1.807) is 0 Å². The monoisotopic (exact) mass is 326 g/mol. The standard InChI is InChI=1S/C23H34O/c1-2-3-18-6-12-21(13-7-18)22-14-8-19(9-15-22)4-5-20-10-16-23(24)17-11-20/h2,10-11,16-19,21-22,24H,1,3-9,12-15H2/t18-,19?,21-,22?. The maximum atomic E-state index is 9.37. The van der Waals surface area contributed by atoms with Crippen LogP contribution in [0.25, 0.3) is 0 Å². The Morgan fingerprint density at radius 3 is 1.92 bits per heavy atom. The van der Waals surface area contributed by atoms with Crippen molar-refractivity contribution in [3.8, 4) is 5.75 Å². The summed E-state index contributed by atoms with van der Waals surface area (Å²) in [6.45, 7) is 3.90. The van der Waals surface area contributed by atoms with Gasteiger partial charge in [0.25, 0.3) is 0 Å². The molecule has 2 saturated carbocycles. The van der Waals surface area contributed by atoms with Crippen LogP contribution in [0.1, 0.15) is 69.8 Å². The quantitative estimate of drug-likeness (QED) is 0.590. The lowest BCUT2D eigenvalue weighted by Crippen LogP contribution is -2.25. The molecule has 1 aromatic carbocycles. The van der Waals surface area contributed by atoms with Crippen molar-refractivity contribution >= 4 is 0 Å². The SMILES string of the molecule is C=CC[C@H]1CC[C@H](C2CCC(CCc3ccc(O)cc3)CC2)CC1. The Morgan fingerprint density at radius 1 is 0.833 bits per heavy atom. The Labute approximate surface area is 148 Å². The van der Waals surface area contributed by atoms with E-state index in [1.165, 1.54) is 76.2 Å². The van der Waals surface area contributed by atoms with Crippen LogP contribution >= 0.6 is 0 Å². The highest BCUT2D eigenvalue weighted by Crippen LogP contribution is 2.42. The molecule has 1 N–H and O–H groups in total. The molecule has 1 nitrogen and oxygen atoms in total. The Hall–Kier alpha value is -1.24. The number of rotatable bonds is 6. The number of phenolic OH excluding ortho intramolecular Hbond substituents is 1. The predicted octanol–water partition coefficient (Wildman–Crippen LogP) is 6.51. The molecule has 0 aromatic heterocycles. The third-order valence-corrected chi connectivity index (χ3v) is 6.73. The Morgan fingerprint density at radius 2 is 1.38 bits per heavy atom. The van der Waals surface area contributed by atoms with E-state index in [0.29, 0.717) is 5.75 Å². The first-order valence-corrected chi connectivity index (χ1v) is 10.1. The molecule has 0 heterocycles. The van der Waals surface area contributed by atoms with E-state index in [9.17, 15) is 5.11 Å². The van der Waals surface area contributed by atoms with Crippen molar-refractivity contribution < 1.29 is 5.11 Å². The molecular formula is C23H34O. The van der Waals surface area contributed by atoms with Gasteiger partial charge in [-0.1, -0.05) is 31.1 Å². The molecule has 1 heteroatoms. The summed E-state index contributed by atoms with van der Waals surface area (Å²) in [5, 5.41) is 9.37. The number of aromatic hydroxyl groups is 1. The first kappa shape index (κ1) is 17.6. The molecule has 0 saturated heterocycles. The zero-order valence-corrected chi connectivity index (χ0v) is 15.1. The second-order valence-corrected chi connectivity index (χ2v) is 8.29. The fourth-order valence-electron chi connectivity index (χ4n) is 5.11. The van der Waals surface area contributed by atoms with Gasteiger partial charge >= 0.3 is 0 Å². The third-order valence-electron chi connectivity index (χ3n) is 6.73. The summed E-state index contributed by atoms with van der Waals surface area (Å²) >= 11 is 0. The van der Waals surface area contributed by atoms with Gasteiger partial charge in [-0.3, -0.25) is 0 Å². The molecule has 2 aliphatic rings. The van der Waals surface area contributed by atoms with Gasteiger partial charge in [-0.15, -0.1) is 6.58 Å². The molecule has 0 spiro atoms. The molecule has 2 aliphatic carbocycles. The molecule has 0 atom stereocenters. The Kier molecular flexibility index (Phi) is 6.40. The second kappa shape index (κ2) is 8.74. The van der Waals surface area contributed by atoms with Gasteiger partial charge in [-0.25, -0.2) is 0 Å². The summed E-state index contributed by atoms with van der Waals surface area (Å²) in [5.74, 6) is 4.26. The van der Waals surface area contributed by atoms with E-state index in [2.05, 4.69) is 24.8 Å². The molecule has 0 aliphatic heterocycles. The second-order valence-electron chi connectivity index (χ2n) is 8.29. The molecule has 0 bridgehead atoms.